The Labute approximate surface area is 310 Å². The van der Waals surface area contributed by atoms with Gasteiger partial charge in [-0.25, -0.2) is 15.0 Å². The van der Waals surface area contributed by atoms with Gasteiger partial charge in [-0.1, -0.05) is 146 Å². The summed E-state index contributed by atoms with van der Waals surface area (Å²) in [7, 11) is 0. The lowest BCUT2D eigenvalue weighted by molar-refractivity contribution is 0.669. The van der Waals surface area contributed by atoms with E-state index in [9.17, 15) is 0 Å². The Morgan fingerprint density at radius 1 is 0.370 bits per heavy atom. The second-order valence-corrected chi connectivity index (χ2v) is 13.6. The van der Waals surface area contributed by atoms with E-state index in [4.69, 9.17) is 19.4 Å². The molecule has 0 aliphatic carbocycles. The van der Waals surface area contributed by atoms with Crippen molar-refractivity contribution < 1.29 is 4.42 Å². The zero-order chi connectivity index (χ0) is 35.6. The van der Waals surface area contributed by atoms with Crippen molar-refractivity contribution in [2.45, 2.75) is 0 Å². The van der Waals surface area contributed by atoms with Crippen LogP contribution < -0.4 is 0 Å². The van der Waals surface area contributed by atoms with Crippen LogP contribution in [0.1, 0.15) is 0 Å². The van der Waals surface area contributed by atoms with Gasteiger partial charge in [0, 0.05) is 43.8 Å². The van der Waals surface area contributed by atoms with E-state index in [2.05, 4.69) is 156 Å². The summed E-state index contributed by atoms with van der Waals surface area (Å²) in [5.41, 5.74) is 10.1. The molecule has 0 radical (unpaired) electrons. The minimum atomic E-state index is 0.598. The topological polar surface area (TPSA) is 56.7 Å². The Hall–Kier alpha value is -7.37. The molecule has 0 spiro atoms. The lowest BCUT2D eigenvalue weighted by Gasteiger charge is -2.14. The second kappa shape index (κ2) is 12.1. The standard InChI is InChI=1S/C49H30N4O/c1-2-13-34-30-35(29-24-31(34)12-1)48-50-47(51-49(52-48)40-18-11-23-45-46(40)39-17-6-10-22-44(39)54-45)33-27-25-32(26-28-33)36-14-3-7-19-41(36)53-42-20-8-4-15-37(42)38-16-5-9-21-43(38)53/h1-30H. The molecule has 8 aromatic carbocycles. The molecule has 3 aromatic heterocycles. The average molecular weight is 691 g/mol. The van der Waals surface area contributed by atoms with E-state index in [1.54, 1.807) is 0 Å². The summed E-state index contributed by atoms with van der Waals surface area (Å²) >= 11 is 0. The molecule has 0 amide bonds. The molecule has 0 saturated heterocycles. The molecule has 11 rings (SSSR count). The molecule has 11 aromatic rings. The number of para-hydroxylation sites is 4. The van der Waals surface area contributed by atoms with Crippen LogP contribution in [-0.4, -0.2) is 19.5 Å². The van der Waals surface area contributed by atoms with Gasteiger partial charge in [0.1, 0.15) is 11.2 Å². The maximum Gasteiger partial charge on any atom is 0.164 e. The van der Waals surface area contributed by atoms with Crippen LogP contribution in [0.15, 0.2) is 186 Å². The largest absolute Gasteiger partial charge is 0.456 e. The van der Waals surface area contributed by atoms with Crippen LogP contribution in [0, 0.1) is 0 Å². The maximum absolute atomic E-state index is 6.26. The maximum atomic E-state index is 6.26. The fourth-order valence-corrected chi connectivity index (χ4v) is 7.94. The van der Waals surface area contributed by atoms with E-state index in [-0.39, 0.29) is 0 Å². The van der Waals surface area contributed by atoms with E-state index < -0.39 is 0 Å². The third kappa shape index (κ3) is 4.83. The smallest absolute Gasteiger partial charge is 0.164 e. The van der Waals surface area contributed by atoms with Crippen molar-refractivity contribution in [3.63, 3.8) is 0 Å². The lowest BCUT2D eigenvalue weighted by atomic mass is 10.0. The van der Waals surface area contributed by atoms with Gasteiger partial charge in [0.2, 0.25) is 0 Å². The number of benzene rings is 8. The summed E-state index contributed by atoms with van der Waals surface area (Å²) in [5, 5.41) is 6.81. The van der Waals surface area contributed by atoms with Crippen molar-refractivity contribution in [3.05, 3.63) is 182 Å². The van der Waals surface area contributed by atoms with Crippen LogP contribution in [0.25, 0.3) is 105 Å². The van der Waals surface area contributed by atoms with Crippen molar-refractivity contribution in [2.24, 2.45) is 0 Å². The molecule has 0 fully saturated rings. The van der Waals surface area contributed by atoms with Gasteiger partial charge in [0.25, 0.3) is 0 Å². The van der Waals surface area contributed by atoms with E-state index in [1.165, 1.54) is 27.2 Å². The normalized spacial score (nSPS) is 11.7. The van der Waals surface area contributed by atoms with Crippen LogP contribution in [0.5, 0.6) is 0 Å². The summed E-state index contributed by atoms with van der Waals surface area (Å²) < 4.78 is 8.64. The Bertz CT molecular complexity index is 3170. The highest BCUT2D eigenvalue weighted by Crippen LogP contribution is 2.39. The summed E-state index contributed by atoms with van der Waals surface area (Å²) in [6.45, 7) is 0. The zero-order valence-corrected chi connectivity index (χ0v) is 29.0. The Morgan fingerprint density at radius 2 is 0.926 bits per heavy atom. The molecule has 252 valence electrons. The van der Waals surface area contributed by atoms with Gasteiger partial charge in [0.05, 0.1) is 16.7 Å². The Morgan fingerprint density at radius 3 is 1.72 bits per heavy atom. The first-order chi connectivity index (χ1) is 26.8. The number of fused-ring (bicyclic) bond motifs is 7. The molecule has 0 aliphatic heterocycles. The number of aromatic nitrogens is 4. The molecule has 0 bridgehead atoms. The monoisotopic (exact) mass is 690 g/mol. The first-order valence-corrected chi connectivity index (χ1v) is 18.1. The highest BCUT2D eigenvalue weighted by molar-refractivity contribution is 6.12. The predicted octanol–water partition coefficient (Wildman–Crippen LogP) is 12.7. The molecule has 5 nitrogen and oxygen atoms in total. The van der Waals surface area contributed by atoms with Gasteiger partial charge in [0.15, 0.2) is 17.5 Å². The van der Waals surface area contributed by atoms with Crippen molar-refractivity contribution in [1.29, 1.82) is 0 Å². The van der Waals surface area contributed by atoms with Crippen LogP contribution in [0.4, 0.5) is 0 Å². The molecule has 3 heterocycles. The number of furan rings is 1. The van der Waals surface area contributed by atoms with Crippen LogP contribution in [0.3, 0.4) is 0 Å². The molecule has 0 atom stereocenters. The van der Waals surface area contributed by atoms with Gasteiger partial charge in [-0.15, -0.1) is 0 Å². The summed E-state index contributed by atoms with van der Waals surface area (Å²) in [6, 6.07) is 63.4. The molecule has 54 heavy (non-hydrogen) atoms. The Kier molecular flexibility index (Phi) is 6.79. The lowest BCUT2D eigenvalue weighted by Crippen LogP contribution is -2.00. The predicted molar refractivity (Wildman–Crippen MR) is 221 cm³/mol. The van der Waals surface area contributed by atoms with Crippen molar-refractivity contribution >= 4 is 54.5 Å². The molecular weight excluding hydrogens is 661 g/mol. The minimum Gasteiger partial charge on any atom is -0.456 e. The van der Waals surface area contributed by atoms with Gasteiger partial charge in [-0.3, -0.25) is 0 Å². The third-order valence-corrected chi connectivity index (χ3v) is 10.5. The van der Waals surface area contributed by atoms with E-state index in [0.717, 1.165) is 60.8 Å². The molecule has 0 aliphatic rings. The average Bonchev–Trinajstić information content (AvgIpc) is 3.79. The molecule has 0 saturated carbocycles. The van der Waals surface area contributed by atoms with E-state index in [0.29, 0.717) is 17.5 Å². The van der Waals surface area contributed by atoms with Crippen LogP contribution >= 0.6 is 0 Å². The van der Waals surface area contributed by atoms with Gasteiger partial charge in [-0.05, 0) is 52.7 Å². The van der Waals surface area contributed by atoms with Crippen molar-refractivity contribution in [2.75, 3.05) is 0 Å². The van der Waals surface area contributed by atoms with Crippen LogP contribution in [-0.2, 0) is 0 Å². The van der Waals surface area contributed by atoms with Gasteiger partial charge in [-0.2, -0.15) is 0 Å². The van der Waals surface area contributed by atoms with Gasteiger partial charge < -0.3 is 8.98 Å². The Balaban J connectivity index is 1.07. The van der Waals surface area contributed by atoms with Crippen molar-refractivity contribution in [3.8, 4) is 51.0 Å². The number of rotatable bonds is 5. The van der Waals surface area contributed by atoms with Crippen LogP contribution in [0.2, 0.25) is 0 Å². The summed E-state index contributed by atoms with van der Waals surface area (Å²) in [4.78, 5) is 15.4. The molecular formula is C49H30N4O. The van der Waals surface area contributed by atoms with Gasteiger partial charge >= 0.3 is 0 Å². The van der Waals surface area contributed by atoms with E-state index >= 15 is 0 Å². The molecule has 5 heteroatoms. The second-order valence-electron chi connectivity index (χ2n) is 13.6. The highest BCUT2D eigenvalue weighted by Gasteiger charge is 2.19. The summed E-state index contributed by atoms with van der Waals surface area (Å²) in [5.74, 6) is 1.82. The highest BCUT2D eigenvalue weighted by atomic mass is 16.3. The minimum absolute atomic E-state index is 0.598. The first-order valence-electron chi connectivity index (χ1n) is 18.1. The number of hydrogen-bond acceptors (Lipinski definition) is 4. The zero-order valence-electron chi connectivity index (χ0n) is 29.0. The number of hydrogen-bond donors (Lipinski definition) is 0. The van der Waals surface area contributed by atoms with E-state index in [1.807, 2.05) is 30.3 Å². The molecule has 0 N–H and O–H groups in total. The fourth-order valence-electron chi connectivity index (χ4n) is 7.94. The third-order valence-electron chi connectivity index (χ3n) is 10.5. The fraction of sp³-hybridized carbons (Fsp3) is 0. The number of nitrogens with zero attached hydrogens (tertiary/aromatic N) is 4. The SMILES string of the molecule is c1ccc(-n2c3ccccc3c3ccccc32)c(-c2ccc(-c3nc(-c4ccc5ccccc5c4)nc(-c4cccc5oc6ccccc6c45)n3)cc2)c1. The first kappa shape index (κ1) is 30.3. The quantitative estimate of drug-likeness (QED) is 0.180. The van der Waals surface area contributed by atoms with Crippen molar-refractivity contribution in [1.82, 2.24) is 19.5 Å². The summed E-state index contributed by atoms with van der Waals surface area (Å²) in [6.07, 6.45) is 0. The molecule has 0 unspecified atom stereocenters.